The fraction of sp³-hybridized carbons (Fsp3) is 0.571. The number of aromatic nitrogens is 1. The van der Waals surface area contributed by atoms with Gasteiger partial charge in [-0.1, -0.05) is 18.9 Å². The Balaban J connectivity index is 1.75. The molecule has 2 atom stereocenters. The minimum absolute atomic E-state index is 0.0861. The maximum atomic E-state index is 11.8. The second-order valence-electron chi connectivity index (χ2n) is 5.01. The van der Waals surface area contributed by atoms with E-state index in [1.165, 1.54) is 12.8 Å². The van der Waals surface area contributed by atoms with Crippen molar-refractivity contribution in [1.82, 2.24) is 10.3 Å². The molecule has 4 nitrogen and oxygen atoms in total. The monoisotopic (exact) mass is 247 g/mol. The van der Waals surface area contributed by atoms with Gasteiger partial charge in [-0.15, -0.1) is 0 Å². The molecule has 1 heterocycles. The fourth-order valence-electron chi connectivity index (χ4n) is 2.49. The van der Waals surface area contributed by atoms with Crippen molar-refractivity contribution >= 4 is 5.91 Å². The number of pyridine rings is 1. The number of nitrogens with two attached hydrogens (primary N) is 1. The van der Waals surface area contributed by atoms with Crippen molar-refractivity contribution in [2.45, 2.75) is 44.7 Å². The molecule has 1 amide bonds. The van der Waals surface area contributed by atoms with Gasteiger partial charge in [0.15, 0.2) is 0 Å². The third kappa shape index (κ3) is 3.81. The molecule has 2 unspecified atom stereocenters. The number of hydrogen-bond donors (Lipinski definition) is 2. The Labute approximate surface area is 108 Å². The zero-order valence-corrected chi connectivity index (χ0v) is 10.6. The summed E-state index contributed by atoms with van der Waals surface area (Å²) in [7, 11) is 0. The van der Waals surface area contributed by atoms with Crippen molar-refractivity contribution in [2.75, 3.05) is 0 Å². The molecule has 1 fully saturated rings. The van der Waals surface area contributed by atoms with Crippen LogP contribution in [0.1, 0.15) is 37.8 Å². The topological polar surface area (TPSA) is 68.0 Å². The molecule has 1 aromatic rings. The molecule has 1 aliphatic rings. The number of amides is 1. The van der Waals surface area contributed by atoms with Crippen LogP contribution in [-0.4, -0.2) is 16.9 Å². The Bertz CT molecular complexity index is 380. The van der Waals surface area contributed by atoms with Gasteiger partial charge in [-0.3, -0.25) is 9.78 Å². The maximum absolute atomic E-state index is 11.8. The van der Waals surface area contributed by atoms with Crippen LogP contribution in [0.2, 0.25) is 0 Å². The van der Waals surface area contributed by atoms with Crippen LogP contribution in [0.15, 0.2) is 24.4 Å². The normalized spacial score (nSPS) is 23.6. The van der Waals surface area contributed by atoms with Crippen LogP contribution in [0.4, 0.5) is 0 Å². The van der Waals surface area contributed by atoms with Crippen LogP contribution in [0, 0.1) is 5.92 Å². The molecule has 0 spiro atoms. The minimum Gasteiger partial charge on any atom is -0.350 e. The molecule has 0 bridgehead atoms. The van der Waals surface area contributed by atoms with E-state index in [0.29, 0.717) is 18.9 Å². The first-order valence-corrected chi connectivity index (χ1v) is 6.68. The molecule has 18 heavy (non-hydrogen) atoms. The second kappa shape index (κ2) is 6.50. The van der Waals surface area contributed by atoms with Gasteiger partial charge in [0.05, 0.1) is 12.2 Å². The lowest BCUT2D eigenvalue weighted by Crippen LogP contribution is -2.37. The van der Waals surface area contributed by atoms with E-state index < -0.39 is 0 Å². The number of nitrogens with zero attached hydrogens (tertiary/aromatic N) is 1. The lowest BCUT2D eigenvalue weighted by Gasteiger charge is -2.27. The Morgan fingerprint density at radius 3 is 2.94 bits per heavy atom. The van der Waals surface area contributed by atoms with E-state index in [4.69, 9.17) is 5.73 Å². The molecule has 2 rings (SSSR count). The maximum Gasteiger partial charge on any atom is 0.220 e. The standard InChI is InChI=1S/C14H21N3O/c15-13-7-2-1-5-11(13)9-14(18)17-10-12-6-3-4-8-16-12/h3-4,6,8,11,13H,1-2,5,7,9-10,15H2,(H,17,18). The average molecular weight is 247 g/mol. The van der Waals surface area contributed by atoms with E-state index in [9.17, 15) is 4.79 Å². The van der Waals surface area contributed by atoms with Crippen LogP contribution in [0.25, 0.3) is 0 Å². The summed E-state index contributed by atoms with van der Waals surface area (Å²) >= 11 is 0. The average Bonchev–Trinajstić information content (AvgIpc) is 2.40. The van der Waals surface area contributed by atoms with Crippen molar-refractivity contribution < 1.29 is 4.79 Å². The molecule has 3 N–H and O–H groups in total. The molecule has 0 aromatic carbocycles. The van der Waals surface area contributed by atoms with E-state index >= 15 is 0 Å². The smallest absolute Gasteiger partial charge is 0.220 e. The lowest BCUT2D eigenvalue weighted by molar-refractivity contribution is -0.122. The summed E-state index contributed by atoms with van der Waals surface area (Å²) in [6.45, 7) is 0.502. The summed E-state index contributed by atoms with van der Waals surface area (Å²) < 4.78 is 0. The second-order valence-corrected chi connectivity index (χ2v) is 5.01. The number of rotatable bonds is 4. The van der Waals surface area contributed by atoms with Crippen LogP contribution in [-0.2, 0) is 11.3 Å². The van der Waals surface area contributed by atoms with Gasteiger partial charge in [0.25, 0.3) is 0 Å². The molecule has 98 valence electrons. The first kappa shape index (κ1) is 13.0. The molecule has 4 heteroatoms. The Morgan fingerprint density at radius 1 is 1.39 bits per heavy atom. The van der Waals surface area contributed by atoms with Gasteiger partial charge in [0.1, 0.15) is 0 Å². The van der Waals surface area contributed by atoms with Gasteiger partial charge in [-0.25, -0.2) is 0 Å². The van der Waals surface area contributed by atoms with Crippen molar-refractivity contribution in [1.29, 1.82) is 0 Å². The Morgan fingerprint density at radius 2 is 2.22 bits per heavy atom. The SMILES string of the molecule is NC1CCCCC1CC(=O)NCc1ccccn1. The third-order valence-corrected chi connectivity index (χ3v) is 3.61. The quantitative estimate of drug-likeness (QED) is 0.849. The van der Waals surface area contributed by atoms with E-state index in [-0.39, 0.29) is 11.9 Å². The van der Waals surface area contributed by atoms with E-state index in [2.05, 4.69) is 10.3 Å². The van der Waals surface area contributed by atoms with Crippen molar-refractivity contribution in [2.24, 2.45) is 11.7 Å². The van der Waals surface area contributed by atoms with Crippen molar-refractivity contribution in [3.8, 4) is 0 Å². The highest BCUT2D eigenvalue weighted by molar-refractivity contribution is 5.76. The first-order valence-electron chi connectivity index (χ1n) is 6.68. The number of hydrogen-bond acceptors (Lipinski definition) is 3. The molecule has 1 aromatic heterocycles. The van der Waals surface area contributed by atoms with Crippen LogP contribution in [0.5, 0.6) is 0 Å². The highest BCUT2D eigenvalue weighted by Gasteiger charge is 2.23. The molecule has 0 aliphatic heterocycles. The molecular weight excluding hydrogens is 226 g/mol. The van der Waals surface area contributed by atoms with Crippen LogP contribution in [0.3, 0.4) is 0 Å². The molecule has 0 saturated heterocycles. The molecular formula is C14H21N3O. The predicted octanol–water partition coefficient (Wildman–Crippen LogP) is 1.61. The first-order chi connectivity index (χ1) is 8.75. The summed E-state index contributed by atoms with van der Waals surface area (Å²) in [5.74, 6) is 0.436. The highest BCUT2D eigenvalue weighted by Crippen LogP contribution is 2.25. The van der Waals surface area contributed by atoms with Gasteiger partial charge in [0, 0.05) is 18.7 Å². The van der Waals surface area contributed by atoms with Crippen molar-refractivity contribution in [3.05, 3.63) is 30.1 Å². The Hall–Kier alpha value is -1.42. The predicted molar refractivity (Wildman–Crippen MR) is 70.6 cm³/mol. The van der Waals surface area contributed by atoms with Crippen LogP contribution < -0.4 is 11.1 Å². The highest BCUT2D eigenvalue weighted by atomic mass is 16.1. The van der Waals surface area contributed by atoms with E-state index in [0.717, 1.165) is 18.5 Å². The van der Waals surface area contributed by atoms with E-state index in [1.807, 2.05) is 18.2 Å². The van der Waals surface area contributed by atoms with E-state index in [1.54, 1.807) is 6.20 Å². The Kier molecular flexibility index (Phi) is 4.70. The summed E-state index contributed by atoms with van der Waals surface area (Å²) in [5.41, 5.74) is 6.93. The fourth-order valence-corrected chi connectivity index (χ4v) is 2.49. The van der Waals surface area contributed by atoms with Gasteiger partial charge in [-0.2, -0.15) is 0 Å². The van der Waals surface area contributed by atoms with Crippen LogP contribution >= 0.6 is 0 Å². The number of carbonyl (C=O) groups is 1. The van der Waals surface area contributed by atoms with Gasteiger partial charge in [-0.05, 0) is 30.9 Å². The minimum atomic E-state index is 0.0861. The number of carbonyl (C=O) groups excluding carboxylic acids is 1. The summed E-state index contributed by atoms with van der Waals surface area (Å²) in [5, 5.41) is 2.91. The molecule has 1 saturated carbocycles. The van der Waals surface area contributed by atoms with Crippen molar-refractivity contribution in [3.63, 3.8) is 0 Å². The molecule has 0 radical (unpaired) electrons. The third-order valence-electron chi connectivity index (χ3n) is 3.61. The molecule has 1 aliphatic carbocycles. The van der Waals surface area contributed by atoms with Gasteiger partial charge in [0.2, 0.25) is 5.91 Å². The van der Waals surface area contributed by atoms with Gasteiger partial charge >= 0.3 is 0 Å². The van der Waals surface area contributed by atoms with Gasteiger partial charge < -0.3 is 11.1 Å². The zero-order chi connectivity index (χ0) is 12.8. The lowest BCUT2D eigenvalue weighted by atomic mass is 9.83. The summed E-state index contributed by atoms with van der Waals surface area (Å²) in [6, 6.07) is 5.89. The zero-order valence-electron chi connectivity index (χ0n) is 10.6. The summed E-state index contributed by atoms with van der Waals surface area (Å²) in [6.07, 6.45) is 6.82. The largest absolute Gasteiger partial charge is 0.350 e. The summed E-state index contributed by atoms with van der Waals surface area (Å²) in [4.78, 5) is 16.0. The number of nitrogens with one attached hydrogen (secondary N) is 1.